The predicted octanol–water partition coefficient (Wildman–Crippen LogP) is 5.81. The molecule has 2 N–H and O–H groups in total. The van der Waals surface area contributed by atoms with Crippen LogP contribution in [0.15, 0.2) is 54.9 Å². The van der Waals surface area contributed by atoms with Gasteiger partial charge in [-0.05, 0) is 74.7 Å². The summed E-state index contributed by atoms with van der Waals surface area (Å²) in [6.07, 6.45) is 4.00. The van der Waals surface area contributed by atoms with Gasteiger partial charge < -0.3 is 10.6 Å². The number of hydrogen-bond donors (Lipinski definition) is 2. The second-order valence-electron chi connectivity index (χ2n) is 10.2. The summed E-state index contributed by atoms with van der Waals surface area (Å²) >= 11 is 0. The van der Waals surface area contributed by atoms with Crippen molar-refractivity contribution in [2.45, 2.75) is 58.7 Å². The monoisotopic (exact) mass is 533 g/mol. The number of benzene rings is 2. The van der Waals surface area contributed by atoms with Gasteiger partial charge >= 0.3 is 0 Å². The Morgan fingerprint density at radius 3 is 2.82 bits per heavy atom. The Morgan fingerprint density at radius 2 is 2.05 bits per heavy atom. The van der Waals surface area contributed by atoms with Gasteiger partial charge in [0.15, 0.2) is 0 Å². The zero-order valence-electron chi connectivity index (χ0n) is 22.4. The summed E-state index contributed by atoms with van der Waals surface area (Å²) in [6.45, 7) is 7.58. The van der Waals surface area contributed by atoms with Crippen molar-refractivity contribution in [2.24, 2.45) is 0 Å². The number of nitrogens with zero attached hydrogens (tertiary/aromatic N) is 5. The molecule has 8 nitrogen and oxygen atoms in total. The number of amides is 1. The maximum Gasteiger partial charge on any atom is 0.260 e. The summed E-state index contributed by atoms with van der Waals surface area (Å²) < 4.78 is 29.4. The van der Waals surface area contributed by atoms with E-state index in [-0.39, 0.29) is 24.9 Å². The van der Waals surface area contributed by atoms with Crippen LogP contribution in [0.2, 0.25) is 0 Å². The van der Waals surface area contributed by atoms with Crippen LogP contribution < -0.4 is 10.6 Å². The number of anilines is 2. The molecule has 1 aliphatic heterocycles. The highest BCUT2D eigenvalue weighted by molar-refractivity contribution is 6.04. The van der Waals surface area contributed by atoms with E-state index >= 15 is 0 Å². The van der Waals surface area contributed by atoms with Gasteiger partial charge in [-0.15, -0.1) is 0 Å². The van der Waals surface area contributed by atoms with Gasteiger partial charge in [0.05, 0.1) is 25.0 Å². The molecule has 1 saturated heterocycles. The number of piperidine rings is 1. The molecule has 39 heavy (non-hydrogen) atoms. The summed E-state index contributed by atoms with van der Waals surface area (Å²) in [5.41, 5.74) is 5.36. The molecule has 2 aromatic heterocycles. The number of aryl methyl sites for hydroxylation is 2. The van der Waals surface area contributed by atoms with Gasteiger partial charge in [0.1, 0.15) is 11.3 Å². The van der Waals surface area contributed by atoms with E-state index in [9.17, 15) is 13.6 Å². The normalized spacial score (nSPS) is 16.2. The first-order valence-corrected chi connectivity index (χ1v) is 13.3. The highest BCUT2D eigenvalue weighted by atomic mass is 19.3. The Morgan fingerprint density at radius 1 is 1.21 bits per heavy atom. The first-order valence-electron chi connectivity index (χ1n) is 13.3. The summed E-state index contributed by atoms with van der Waals surface area (Å²) in [6, 6.07) is 13.0. The van der Waals surface area contributed by atoms with Gasteiger partial charge in [-0.2, -0.15) is 5.10 Å². The molecular weight excluding hydrogens is 500 g/mol. The third-order valence-corrected chi connectivity index (χ3v) is 7.08. The minimum Gasteiger partial charge on any atom is -0.362 e. The lowest BCUT2D eigenvalue weighted by molar-refractivity contribution is -0.0661. The molecule has 1 fully saturated rings. The van der Waals surface area contributed by atoms with E-state index in [1.807, 2.05) is 63.4 Å². The molecule has 3 heterocycles. The minimum absolute atomic E-state index is 0.0489. The number of carbonyl (C=O) groups is 1. The predicted molar refractivity (Wildman–Crippen MR) is 148 cm³/mol. The van der Waals surface area contributed by atoms with Crippen LogP contribution in [0.3, 0.4) is 0 Å². The largest absolute Gasteiger partial charge is 0.362 e. The standard InChI is InChI=1S/C29H33F2N7O/c1-4-38-17-25-27(36-38)35-26(15-32-25)33-20(3)21-7-5-8-24(14-21)34-28(39)22-9-10-23(19(2)13-22)16-37-12-6-11-29(30,31)18-37/h5,7-10,13-15,17,20H,4,6,11-12,16,18H2,1-3H3,(H,34,39)(H,33,35,36)/t20-/m0/s1. The lowest BCUT2D eigenvalue weighted by atomic mass is 10.0. The van der Waals surface area contributed by atoms with Crippen molar-refractivity contribution in [1.29, 1.82) is 0 Å². The van der Waals surface area contributed by atoms with Crippen molar-refractivity contribution in [2.75, 3.05) is 23.7 Å². The van der Waals surface area contributed by atoms with E-state index in [1.54, 1.807) is 21.8 Å². The first-order chi connectivity index (χ1) is 18.7. The second-order valence-corrected chi connectivity index (χ2v) is 10.2. The SMILES string of the molecule is CCn1cc2ncc(N[C@@H](C)c3cccc(NC(=O)c4ccc(CN5CCCC(F)(F)C5)c(C)c4)c3)nc2n1. The molecule has 204 valence electrons. The van der Waals surface area contributed by atoms with Crippen molar-refractivity contribution in [3.8, 4) is 0 Å². The summed E-state index contributed by atoms with van der Waals surface area (Å²) in [7, 11) is 0. The van der Waals surface area contributed by atoms with E-state index in [0.29, 0.717) is 42.2 Å². The average molecular weight is 534 g/mol. The number of alkyl halides is 2. The third kappa shape index (κ3) is 6.39. The fourth-order valence-corrected chi connectivity index (χ4v) is 4.91. The fraction of sp³-hybridized carbons (Fsp3) is 0.379. The first kappa shape index (κ1) is 26.7. The Bertz CT molecular complexity index is 1490. The van der Waals surface area contributed by atoms with Crippen molar-refractivity contribution < 1.29 is 13.6 Å². The van der Waals surface area contributed by atoms with Crippen LogP contribution in [-0.2, 0) is 13.1 Å². The summed E-state index contributed by atoms with van der Waals surface area (Å²) in [5.74, 6) is -2.24. The van der Waals surface area contributed by atoms with E-state index < -0.39 is 5.92 Å². The molecule has 1 amide bonds. The molecule has 0 unspecified atom stereocenters. The van der Waals surface area contributed by atoms with Crippen LogP contribution in [0.5, 0.6) is 0 Å². The van der Waals surface area contributed by atoms with Crippen LogP contribution >= 0.6 is 0 Å². The van der Waals surface area contributed by atoms with Gasteiger partial charge in [-0.3, -0.25) is 14.4 Å². The zero-order chi connectivity index (χ0) is 27.6. The van der Waals surface area contributed by atoms with Crippen molar-refractivity contribution >= 4 is 28.6 Å². The number of hydrogen-bond acceptors (Lipinski definition) is 6. The van der Waals surface area contributed by atoms with Crippen LogP contribution in [0.25, 0.3) is 11.2 Å². The highest BCUT2D eigenvalue weighted by Crippen LogP contribution is 2.28. The van der Waals surface area contributed by atoms with Crippen LogP contribution in [0.4, 0.5) is 20.3 Å². The Balaban J connectivity index is 1.22. The van der Waals surface area contributed by atoms with E-state index in [4.69, 9.17) is 0 Å². The molecule has 4 aromatic rings. The molecular formula is C29H33F2N7O. The van der Waals surface area contributed by atoms with Crippen molar-refractivity contribution in [3.05, 3.63) is 77.1 Å². The average Bonchev–Trinajstić information content (AvgIpc) is 3.32. The van der Waals surface area contributed by atoms with E-state index in [2.05, 4.69) is 25.7 Å². The summed E-state index contributed by atoms with van der Waals surface area (Å²) in [4.78, 5) is 23.8. The molecule has 1 atom stereocenters. The highest BCUT2D eigenvalue weighted by Gasteiger charge is 2.35. The number of halogens is 2. The zero-order valence-corrected chi connectivity index (χ0v) is 22.4. The lowest BCUT2D eigenvalue weighted by Crippen LogP contribution is -2.42. The molecule has 0 radical (unpaired) electrons. The van der Waals surface area contributed by atoms with Gasteiger partial charge in [0, 0.05) is 30.8 Å². The molecule has 2 aromatic carbocycles. The quantitative estimate of drug-likeness (QED) is 0.297. The van der Waals surface area contributed by atoms with Gasteiger partial charge in [0.2, 0.25) is 5.65 Å². The maximum absolute atomic E-state index is 13.8. The molecule has 0 bridgehead atoms. The Hall–Kier alpha value is -3.92. The number of rotatable bonds is 8. The Labute approximate surface area is 226 Å². The van der Waals surface area contributed by atoms with E-state index in [1.165, 1.54) is 0 Å². The molecule has 5 rings (SSSR count). The third-order valence-electron chi connectivity index (χ3n) is 7.08. The molecule has 0 saturated carbocycles. The molecule has 0 aliphatic carbocycles. The molecule has 10 heteroatoms. The van der Waals surface area contributed by atoms with Gasteiger partial charge in [-0.25, -0.2) is 18.7 Å². The number of fused-ring (bicyclic) bond motifs is 1. The minimum atomic E-state index is -2.63. The number of carbonyl (C=O) groups excluding carboxylic acids is 1. The van der Waals surface area contributed by atoms with Gasteiger partial charge in [0.25, 0.3) is 11.8 Å². The lowest BCUT2D eigenvalue weighted by Gasteiger charge is -2.32. The van der Waals surface area contributed by atoms with Gasteiger partial charge in [-0.1, -0.05) is 18.2 Å². The number of aromatic nitrogens is 4. The maximum atomic E-state index is 13.8. The van der Waals surface area contributed by atoms with Crippen molar-refractivity contribution in [1.82, 2.24) is 24.6 Å². The fourth-order valence-electron chi connectivity index (χ4n) is 4.91. The van der Waals surface area contributed by atoms with Crippen molar-refractivity contribution in [3.63, 3.8) is 0 Å². The molecule has 1 aliphatic rings. The summed E-state index contributed by atoms with van der Waals surface area (Å²) in [5, 5.41) is 10.7. The second kappa shape index (κ2) is 11.1. The Kier molecular flexibility index (Phi) is 7.56. The van der Waals surface area contributed by atoms with Crippen LogP contribution in [0, 0.1) is 6.92 Å². The van der Waals surface area contributed by atoms with E-state index in [0.717, 1.165) is 28.8 Å². The van der Waals surface area contributed by atoms with Crippen LogP contribution in [-0.4, -0.2) is 49.6 Å². The molecule has 0 spiro atoms. The number of nitrogens with one attached hydrogen (secondary N) is 2. The number of likely N-dealkylation sites (tertiary alicyclic amines) is 1. The topological polar surface area (TPSA) is 88.0 Å². The van der Waals surface area contributed by atoms with Crippen LogP contribution in [0.1, 0.15) is 59.8 Å². The smallest absolute Gasteiger partial charge is 0.260 e.